The minimum atomic E-state index is 0.571. The van der Waals surface area contributed by atoms with Gasteiger partial charge in [-0.25, -0.2) is 0 Å². The average molecular weight is 261 g/mol. The Morgan fingerprint density at radius 2 is 1.89 bits per heavy atom. The van der Waals surface area contributed by atoms with Crippen molar-refractivity contribution in [1.82, 2.24) is 0 Å². The molecule has 2 unspecified atom stereocenters. The van der Waals surface area contributed by atoms with E-state index in [1.165, 1.54) is 48.8 Å². The fourth-order valence-electron chi connectivity index (χ4n) is 3.45. The van der Waals surface area contributed by atoms with Crippen molar-refractivity contribution in [3.05, 3.63) is 28.8 Å². The van der Waals surface area contributed by atoms with Gasteiger partial charge in [0.1, 0.15) is 5.75 Å². The van der Waals surface area contributed by atoms with E-state index in [2.05, 4.69) is 26.0 Å². The Kier molecular flexibility index (Phi) is 4.87. The van der Waals surface area contributed by atoms with Crippen molar-refractivity contribution in [3.8, 4) is 5.75 Å². The molecular weight excluding hydrogens is 234 g/mol. The minimum Gasteiger partial charge on any atom is -0.496 e. The molecule has 0 radical (unpaired) electrons. The lowest BCUT2D eigenvalue weighted by Gasteiger charge is -2.27. The van der Waals surface area contributed by atoms with E-state index in [1.54, 1.807) is 7.11 Å². The van der Waals surface area contributed by atoms with Crippen molar-refractivity contribution in [2.24, 2.45) is 11.7 Å². The van der Waals surface area contributed by atoms with Crippen molar-refractivity contribution in [3.63, 3.8) is 0 Å². The lowest BCUT2D eigenvalue weighted by molar-refractivity contribution is 0.369. The third-order valence-electron chi connectivity index (χ3n) is 4.77. The summed E-state index contributed by atoms with van der Waals surface area (Å²) in [5, 5.41) is 0. The van der Waals surface area contributed by atoms with Gasteiger partial charge in [-0.2, -0.15) is 0 Å². The molecule has 0 spiro atoms. The number of benzene rings is 1. The second-order valence-electron chi connectivity index (χ2n) is 5.87. The molecule has 2 atom stereocenters. The Morgan fingerprint density at radius 3 is 2.58 bits per heavy atom. The van der Waals surface area contributed by atoms with Gasteiger partial charge in [0, 0.05) is 0 Å². The van der Waals surface area contributed by atoms with Crippen LogP contribution in [0.1, 0.15) is 54.7 Å². The molecule has 0 aromatic heterocycles. The molecule has 2 N–H and O–H groups in total. The Morgan fingerprint density at radius 1 is 1.16 bits per heavy atom. The van der Waals surface area contributed by atoms with Crippen LogP contribution in [0.4, 0.5) is 0 Å². The van der Waals surface area contributed by atoms with E-state index in [0.717, 1.165) is 12.3 Å². The summed E-state index contributed by atoms with van der Waals surface area (Å²) in [7, 11) is 1.79. The van der Waals surface area contributed by atoms with Gasteiger partial charge in [0.15, 0.2) is 0 Å². The molecule has 0 amide bonds. The summed E-state index contributed by atoms with van der Waals surface area (Å²) >= 11 is 0. The van der Waals surface area contributed by atoms with Crippen LogP contribution in [0.15, 0.2) is 12.1 Å². The molecule has 2 rings (SSSR count). The average Bonchev–Trinajstić information content (AvgIpc) is 2.66. The van der Waals surface area contributed by atoms with Gasteiger partial charge in [-0.05, 0) is 61.8 Å². The molecule has 0 aliphatic heterocycles. The quantitative estimate of drug-likeness (QED) is 0.837. The zero-order valence-electron chi connectivity index (χ0n) is 12.5. The van der Waals surface area contributed by atoms with E-state index in [1.807, 2.05) is 0 Å². The molecule has 19 heavy (non-hydrogen) atoms. The van der Waals surface area contributed by atoms with Crippen LogP contribution >= 0.6 is 0 Å². The molecule has 0 bridgehead atoms. The predicted molar refractivity (Wildman–Crippen MR) is 80.8 cm³/mol. The smallest absolute Gasteiger partial charge is 0.125 e. The van der Waals surface area contributed by atoms with Crippen LogP contribution in [-0.4, -0.2) is 13.7 Å². The van der Waals surface area contributed by atoms with Gasteiger partial charge in [-0.1, -0.05) is 31.4 Å². The summed E-state index contributed by atoms with van der Waals surface area (Å²) in [5.74, 6) is 2.27. The van der Waals surface area contributed by atoms with Crippen LogP contribution in [0.5, 0.6) is 5.75 Å². The van der Waals surface area contributed by atoms with Crippen LogP contribution in [-0.2, 0) is 0 Å². The molecule has 1 aromatic rings. The van der Waals surface area contributed by atoms with Crippen LogP contribution in [0.2, 0.25) is 0 Å². The van der Waals surface area contributed by atoms with Crippen LogP contribution < -0.4 is 10.5 Å². The summed E-state index contributed by atoms with van der Waals surface area (Å²) in [6, 6.07) is 4.49. The third-order valence-corrected chi connectivity index (χ3v) is 4.77. The normalized spacial score (nSPS) is 24.0. The SMILES string of the molecule is COc1c(C2CCCCCC2CN)ccc(C)c1C. The van der Waals surface area contributed by atoms with E-state index >= 15 is 0 Å². The van der Waals surface area contributed by atoms with Gasteiger partial charge >= 0.3 is 0 Å². The van der Waals surface area contributed by atoms with Gasteiger partial charge in [0.25, 0.3) is 0 Å². The largest absolute Gasteiger partial charge is 0.496 e. The second kappa shape index (κ2) is 6.42. The number of rotatable bonds is 3. The molecule has 0 heterocycles. The molecule has 1 fully saturated rings. The van der Waals surface area contributed by atoms with Crippen molar-refractivity contribution in [2.75, 3.05) is 13.7 Å². The predicted octanol–water partition coefficient (Wildman–Crippen LogP) is 3.93. The minimum absolute atomic E-state index is 0.571. The van der Waals surface area contributed by atoms with Gasteiger partial charge in [-0.3, -0.25) is 0 Å². The van der Waals surface area contributed by atoms with Crippen molar-refractivity contribution < 1.29 is 4.74 Å². The fourth-order valence-corrected chi connectivity index (χ4v) is 3.45. The first-order valence-corrected chi connectivity index (χ1v) is 7.53. The molecule has 2 nitrogen and oxygen atoms in total. The monoisotopic (exact) mass is 261 g/mol. The van der Waals surface area contributed by atoms with Crippen molar-refractivity contribution in [2.45, 2.75) is 51.9 Å². The maximum absolute atomic E-state index is 6.02. The highest BCUT2D eigenvalue weighted by Gasteiger charge is 2.27. The highest BCUT2D eigenvalue weighted by molar-refractivity contribution is 5.47. The Labute approximate surface area is 117 Å². The maximum Gasteiger partial charge on any atom is 0.125 e. The van der Waals surface area contributed by atoms with Gasteiger partial charge in [-0.15, -0.1) is 0 Å². The number of methoxy groups -OCH3 is 1. The molecule has 1 aromatic carbocycles. The zero-order chi connectivity index (χ0) is 13.8. The van der Waals surface area contributed by atoms with E-state index in [-0.39, 0.29) is 0 Å². The highest BCUT2D eigenvalue weighted by atomic mass is 16.5. The van der Waals surface area contributed by atoms with E-state index in [4.69, 9.17) is 10.5 Å². The lowest BCUT2D eigenvalue weighted by atomic mass is 9.81. The first-order valence-electron chi connectivity index (χ1n) is 7.53. The zero-order valence-corrected chi connectivity index (χ0v) is 12.5. The van der Waals surface area contributed by atoms with E-state index in [0.29, 0.717) is 11.8 Å². The van der Waals surface area contributed by atoms with Gasteiger partial charge < -0.3 is 10.5 Å². The molecule has 0 saturated heterocycles. The van der Waals surface area contributed by atoms with Crippen LogP contribution in [0.3, 0.4) is 0 Å². The van der Waals surface area contributed by atoms with Crippen molar-refractivity contribution >= 4 is 0 Å². The summed E-state index contributed by atoms with van der Waals surface area (Å²) in [4.78, 5) is 0. The van der Waals surface area contributed by atoms with Crippen LogP contribution in [0, 0.1) is 19.8 Å². The standard InChI is InChI=1S/C17H27NO/c1-12-9-10-16(17(19-3)13(12)2)15-8-6-4-5-7-14(15)11-18/h9-10,14-15H,4-8,11,18H2,1-3H3. The number of aryl methyl sites for hydroxylation is 1. The number of hydrogen-bond donors (Lipinski definition) is 1. The van der Waals surface area contributed by atoms with Crippen LogP contribution in [0.25, 0.3) is 0 Å². The summed E-state index contributed by atoms with van der Waals surface area (Å²) < 4.78 is 5.70. The number of nitrogens with two attached hydrogens (primary N) is 1. The Balaban J connectivity index is 2.40. The molecule has 1 aliphatic rings. The molecule has 1 saturated carbocycles. The van der Waals surface area contributed by atoms with Crippen molar-refractivity contribution in [1.29, 1.82) is 0 Å². The molecular formula is C17H27NO. The first-order chi connectivity index (χ1) is 9.19. The molecule has 2 heteroatoms. The Hall–Kier alpha value is -1.02. The highest BCUT2D eigenvalue weighted by Crippen LogP contribution is 2.41. The topological polar surface area (TPSA) is 35.2 Å². The maximum atomic E-state index is 6.02. The third kappa shape index (κ3) is 2.94. The fraction of sp³-hybridized carbons (Fsp3) is 0.647. The summed E-state index contributed by atoms with van der Waals surface area (Å²) in [6.07, 6.45) is 6.50. The first kappa shape index (κ1) is 14.4. The molecule has 1 aliphatic carbocycles. The van der Waals surface area contributed by atoms with Gasteiger partial charge in [0.2, 0.25) is 0 Å². The Bertz CT molecular complexity index is 428. The summed E-state index contributed by atoms with van der Waals surface area (Å²) in [5.41, 5.74) is 9.98. The second-order valence-corrected chi connectivity index (χ2v) is 5.87. The number of ether oxygens (including phenoxy) is 1. The van der Waals surface area contributed by atoms with E-state index in [9.17, 15) is 0 Å². The van der Waals surface area contributed by atoms with Gasteiger partial charge in [0.05, 0.1) is 7.11 Å². The van der Waals surface area contributed by atoms with E-state index < -0.39 is 0 Å². The lowest BCUT2D eigenvalue weighted by Crippen LogP contribution is -2.21. The number of hydrogen-bond acceptors (Lipinski definition) is 2. The molecule has 106 valence electrons. The summed E-state index contributed by atoms with van der Waals surface area (Å²) in [6.45, 7) is 5.10.